The van der Waals surface area contributed by atoms with E-state index in [0.717, 1.165) is 22.3 Å². The van der Waals surface area contributed by atoms with Gasteiger partial charge in [0.25, 0.3) is 11.5 Å². The first-order valence-corrected chi connectivity index (χ1v) is 10.0. The molecule has 0 aliphatic rings. The summed E-state index contributed by atoms with van der Waals surface area (Å²) in [5.41, 5.74) is 5.05. The third-order valence-electron chi connectivity index (χ3n) is 5.39. The zero-order valence-corrected chi connectivity index (χ0v) is 17.7. The highest BCUT2D eigenvalue weighted by atomic mass is 16.5. The average molecular weight is 416 g/mol. The van der Waals surface area contributed by atoms with E-state index in [1.54, 1.807) is 19.2 Å². The van der Waals surface area contributed by atoms with Crippen molar-refractivity contribution < 1.29 is 9.53 Å². The molecule has 158 valence electrons. The highest BCUT2D eigenvalue weighted by molar-refractivity contribution is 6.03. The Morgan fingerprint density at radius 1 is 1.16 bits per heavy atom. The number of carbonyl (C=O) groups is 1. The fourth-order valence-corrected chi connectivity index (χ4v) is 3.85. The number of hydrogen-bond donors (Lipinski definition) is 2. The lowest BCUT2D eigenvalue weighted by Crippen LogP contribution is -2.28. The summed E-state index contributed by atoms with van der Waals surface area (Å²) in [4.78, 5) is 28.3. The Hall–Kier alpha value is -3.87. The first kappa shape index (κ1) is 20.4. The number of methoxy groups -OCH3 is 1. The summed E-state index contributed by atoms with van der Waals surface area (Å²) in [5, 5.41) is 7.35. The number of H-pyrrole nitrogens is 1. The van der Waals surface area contributed by atoms with Crippen LogP contribution in [0.5, 0.6) is 5.75 Å². The normalized spacial score (nSPS) is 10.9. The summed E-state index contributed by atoms with van der Waals surface area (Å²) in [6.45, 7) is 3.77. The average Bonchev–Trinajstić information content (AvgIpc) is 3.04. The fraction of sp³-hybridized carbons (Fsp3) is 0.208. The number of hydrogen-bond acceptors (Lipinski definition) is 4. The highest BCUT2D eigenvalue weighted by Gasteiger charge is 2.22. The predicted molar refractivity (Wildman–Crippen MR) is 119 cm³/mol. The largest absolute Gasteiger partial charge is 0.496 e. The molecule has 0 aliphatic heterocycles. The van der Waals surface area contributed by atoms with Gasteiger partial charge in [0.15, 0.2) is 0 Å². The van der Waals surface area contributed by atoms with Gasteiger partial charge < -0.3 is 15.0 Å². The summed E-state index contributed by atoms with van der Waals surface area (Å²) < 4.78 is 7.14. The van der Waals surface area contributed by atoms with Gasteiger partial charge >= 0.3 is 0 Å². The highest BCUT2D eigenvalue weighted by Crippen LogP contribution is 2.25. The Labute approximate surface area is 179 Å². The third kappa shape index (κ3) is 3.94. The lowest BCUT2D eigenvalue weighted by Gasteiger charge is -2.10. The van der Waals surface area contributed by atoms with Gasteiger partial charge in [-0.3, -0.25) is 9.59 Å². The van der Waals surface area contributed by atoms with Gasteiger partial charge in [-0.05, 0) is 43.2 Å². The molecule has 4 aromatic rings. The van der Waals surface area contributed by atoms with Crippen molar-refractivity contribution >= 4 is 11.4 Å². The van der Waals surface area contributed by atoms with Crippen molar-refractivity contribution in [1.29, 1.82) is 0 Å². The minimum absolute atomic E-state index is 0.0582. The molecule has 7 nitrogen and oxygen atoms in total. The molecule has 2 N–H and O–H groups in total. The van der Waals surface area contributed by atoms with Crippen molar-refractivity contribution in [3.05, 3.63) is 98.7 Å². The number of nitrogens with zero attached hydrogens (tertiary/aromatic N) is 2. The van der Waals surface area contributed by atoms with Crippen molar-refractivity contribution in [1.82, 2.24) is 19.9 Å². The molecule has 31 heavy (non-hydrogen) atoms. The van der Waals surface area contributed by atoms with Gasteiger partial charge in [0.1, 0.15) is 5.75 Å². The molecule has 0 saturated heterocycles. The summed E-state index contributed by atoms with van der Waals surface area (Å²) in [6.07, 6.45) is 2.36. The number of benzene rings is 1. The van der Waals surface area contributed by atoms with Crippen LogP contribution in [0.3, 0.4) is 0 Å². The molecule has 3 aromatic heterocycles. The molecule has 4 rings (SSSR count). The maximum Gasteiger partial charge on any atom is 0.256 e. The van der Waals surface area contributed by atoms with Crippen molar-refractivity contribution in [3.63, 3.8) is 0 Å². The van der Waals surface area contributed by atoms with Crippen LogP contribution in [0.1, 0.15) is 38.4 Å². The monoisotopic (exact) mass is 416 g/mol. The molecule has 0 saturated carbocycles. The number of aromatic amines is 1. The number of fused-ring (bicyclic) bond motifs is 1. The van der Waals surface area contributed by atoms with Crippen molar-refractivity contribution in [2.75, 3.05) is 7.11 Å². The molecule has 0 bridgehead atoms. The topological polar surface area (TPSA) is 88.5 Å². The second-order valence-corrected chi connectivity index (χ2v) is 7.44. The standard InChI is InChI=1S/C24H24N4O3/c1-15-12-21(31-3)18(23(29)27-15)14-25-24(30)22-16(2)20(13-17-8-5-4-6-9-17)28-19(22)10-7-11-26-28/h4-12H,13-14H2,1-3H3,(H,25,30)(H,27,29). The van der Waals surface area contributed by atoms with Crippen LogP contribution in [0.4, 0.5) is 0 Å². The van der Waals surface area contributed by atoms with Crippen LogP contribution in [0.2, 0.25) is 0 Å². The van der Waals surface area contributed by atoms with Crippen LogP contribution in [-0.2, 0) is 13.0 Å². The molecule has 1 amide bonds. The van der Waals surface area contributed by atoms with Gasteiger partial charge in [-0.1, -0.05) is 30.3 Å². The number of amides is 1. The van der Waals surface area contributed by atoms with E-state index in [1.807, 2.05) is 41.8 Å². The molecule has 1 aromatic carbocycles. The van der Waals surface area contributed by atoms with Crippen LogP contribution < -0.4 is 15.6 Å². The van der Waals surface area contributed by atoms with Crippen LogP contribution in [-0.4, -0.2) is 27.6 Å². The Morgan fingerprint density at radius 3 is 2.68 bits per heavy atom. The molecule has 0 spiro atoms. The van der Waals surface area contributed by atoms with E-state index in [2.05, 4.69) is 27.5 Å². The molecule has 0 unspecified atom stereocenters. The van der Waals surface area contributed by atoms with E-state index >= 15 is 0 Å². The van der Waals surface area contributed by atoms with Gasteiger partial charge in [-0.15, -0.1) is 0 Å². The Bertz CT molecular complexity index is 1310. The van der Waals surface area contributed by atoms with Crippen molar-refractivity contribution in [2.24, 2.45) is 0 Å². The van der Waals surface area contributed by atoms with Gasteiger partial charge in [0.2, 0.25) is 0 Å². The number of ether oxygens (including phenoxy) is 1. The minimum atomic E-state index is -0.276. The van der Waals surface area contributed by atoms with E-state index in [-0.39, 0.29) is 18.0 Å². The lowest BCUT2D eigenvalue weighted by atomic mass is 10.0. The number of nitrogens with one attached hydrogen (secondary N) is 2. The number of aryl methyl sites for hydroxylation is 1. The molecule has 0 aliphatic carbocycles. The predicted octanol–water partition coefficient (Wildman–Crippen LogP) is 3.17. The molecular weight excluding hydrogens is 392 g/mol. The number of aromatic nitrogens is 3. The Balaban J connectivity index is 1.68. The molecule has 7 heteroatoms. The first-order chi connectivity index (χ1) is 15.0. The van der Waals surface area contributed by atoms with E-state index in [1.165, 1.54) is 7.11 Å². The number of rotatable bonds is 6. The summed E-state index contributed by atoms with van der Waals surface area (Å²) in [5.74, 6) is 0.191. The van der Waals surface area contributed by atoms with Gasteiger partial charge in [-0.25, -0.2) is 4.52 Å². The minimum Gasteiger partial charge on any atom is -0.496 e. The van der Waals surface area contributed by atoms with Crippen LogP contribution in [0.25, 0.3) is 5.52 Å². The molecule has 3 heterocycles. The summed E-state index contributed by atoms with van der Waals surface area (Å²) in [7, 11) is 1.51. The molecular formula is C24H24N4O3. The Kier molecular flexibility index (Phi) is 5.58. The molecule has 0 atom stereocenters. The van der Waals surface area contributed by atoms with Crippen LogP contribution in [0.15, 0.2) is 59.5 Å². The second-order valence-electron chi connectivity index (χ2n) is 7.44. The number of carbonyl (C=O) groups excluding carboxylic acids is 1. The SMILES string of the molecule is COc1cc(C)[nH]c(=O)c1CNC(=O)c1c(C)c(Cc2ccccc2)n2ncccc12. The summed E-state index contributed by atoms with van der Waals surface area (Å²) >= 11 is 0. The Morgan fingerprint density at radius 2 is 1.94 bits per heavy atom. The lowest BCUT2D eigenvalue weighted by molar-refractivity contribution is 0.0951. The maximum absolute atomic E-state index is 13.2. The number of pyridine rings is 1. The van der Waals surface area contributed by atoms with Gasteiger partial charge in [0.05, 0.1) is 36.0 Å². The fourth-order valence-electron chi connectivity index (χ4n) is 3.85. The maximum atomic E-state index is 13.2. The van der Waals surface area contributed by atoms with E-state index < -0.39 is 0 Å². The molecule has 0 radical (unpaired) electrons. The van der Waals surface area contributed by atoms with Crippen LogP contribution >= 0.6 is 0 Å². The van der Waals surface area contributed by atoms with E-state index in [0.29, 0.717) is 29.0 Å². The van der Waals surface area contributed by atoms with Gasteiger partial charge in [-0.2, -0.15) is 5.10 Å². The zero-order valence-electron chi connectivity index (χ0n) is 17.7. The molecule has 0 fully saturated rings. The van der Waals surface area contributed by atoms with Gasteiger partial charge in [0, 0.05) is 18.3 Å². The van der Waals surface area contributed by atoms with E-state index in [4.69, 9.17) is 4.74 Å². The first-order valence-electron chi connectivity index (χ1n) is 10.0. The smallest absolute Gasteiger partial charge is 0.256 e. The van der Waals surface area contributed by atoms with Crippen molar-refractivity contribution in [2.45, 2.75) is 26.8 Å². The third-order valence-corrected chi connectivity index (χ3v) is 5.39. The zero-order chi connectivity index (χ0) is 22.0. The van der Waals surface area contributed by atoms with E-state index in [9.17, 15) is 9.59 Å². The second kappa shape index (κ2) is 8.47. The van der Waals surface area contributed by atoms with Crippen LogP contribution in [0, 0.1) is 13.8 Å². The summed E-state index contributed by atoms with van der Waals surface area (Å²) in [6, 6.07) is 15.5. The van der Waals surface area contributed by atoms with Crippen molar-refractivity contribution in [3.8, 4) is 5.75 Å². The quantitative estimate of drug-likeness (QED) is 0.505.